The number of rotatable bonds is 7. The Hall–Kier alpha value is -0.280. The van der Waals surface area contributed by atoms with Crippen LogP contribution in [0.3, 0.4) is 0 Å². The molecule has 4 heteroatoms. The van der Waals surface area contributed by atoms with Crippen LogP contribution in [-0.2, 0) is 4.74 Å². The van der Waals surface area contributed by atoms with Crippen LogP contribution >= 0.6 is 23.2 Å². The first-order valence-corrected chi connectivity index (χ1v) is 7.07. The van der Waals surface area contributed by atoms with Crippen LogP contribution in [0.15, 0.2) is 18.2 Å². The van der Waals surface area contributed by atoms with E-state index in [-0.39, 0.29) is 6.04 Å². The molecular weight excluding hydrogens is 269 g/mol. The van der Waals surface area contributed by atoms with Crippen molar-refractivity contribution in [3.8, 4) is 0 Å². The molecule has 1 rings (SSSR count). The second-order valence-electron chi connectivity index (χ2n) is 4.36. The molecule has 1 N–H and O–H groups in total. The van der Waals surface area contributed by atoms with Crippen molar-refractivity contribution in [2.45, 2.75) is 38.8 Å². The Kier molecular flexibility index (Phi) is 7.02. The Balaban J connectivity index is 2.78. The SMILES string of the molecule is CCC(COC)NC(CC)c1ccc(Cl)c(Cl)c1. The molecule has 0 radical (unpaired) electrons. The fourth-order valence-electron chi connectivity index (χ4n) is 1.95. The summed E-state index contributed by atoms with van der Waals surface area (Å²) in [6.07, 6.45) is 2.03. The van der Waals surface area contributed by atoms with Crippen LogP contribution in [0, 0.1) is 0 Å². The molecule has 0 aromatic heterocycles. The number of hydrogen-bond acceptors (Lipinski definition) is 2. The smallest absolute Gasteiger partial charge is 0.0615 e. The topological polar surface area (TPSA) is 21.3 Å². The van der Waals surface area contributed by atoms with Gasteiger partial charge in [0.1, 0.15) is 0 Å². The first-order valence-electron chi connectivity index (χ1n) is 6.32. The third kappa shape index (κ3) is 4.43. The number of methoxy groups -OCH3 is 1. The van der Waals surface area contributed by atoms with E-state index < -0.39 is 0 Å². The summed E-state index contributed by atoms with van der Waals surface area (Å²) in [4.78, 5) is 0. The molecular formula is C14H21Cl2NO. The summed E-state index contributed by atoms with van der Waals surface area (Å²) in [5.74, 6) is 0. The van der Waals surface area contributed by atoms with Crippen LogP contribution in [0.25, 0.3) is 0 Å². The Labute approximate surface area is 120 Å². The minimum Gasteiger partial charge on any atom is -0.383 e. The van der Waals surface area contributed by atoms with Crippen molar-refractivity contribution in [3.05, 3.63) is 33.8 Å². The molecule has 0 spiro atoms. The number of ether oxygens (including phenoxy) is 1. The molecule has 0 aliphatic carbocycles. The summed E-state index contributed by atoms with van der Waals surface area (Å²) in [6.45, 7) is 5.02. The van der Waals surface area contributed by atoms with E-state index in [0.29, 0.717) is 22.7 Å². The molecule has 0 saturated carbocycles. The zero-order valence-corrected chi connectivity index (χ0v) is 12.7. The third-order valence-corrected chi connectivity index (χ3v) is 3.79. The Morgan fingerprint density at radius 3 is 2.39 bits per heavy atom. The Bertz CT molecular complexity index is 371. The van der Waals surface area contributed by atoms with E-state index >= 15 is 0 Å². The van der Waals surface area contributed by atoms with Crippen LogP contribution in [-0.4, -0.2) is 19.8 Å². The van der Waals surface area contributed by atoms with Gasteiger partial charge in [0.2, 0.25) is 0 Å². The summed E-state index contributed by atoms with van der Waals surface area (Å²) in [6, 6.07) is 6.44. The van der Waals surface area contributed by atoms with Crippen molar-refractivity contribution in [1.29, 1.82) is 0 Å². The van der Waals surface area contributed by atoms with E-state index in [2.05, 4.69) is 19.2 Å². The molecule has 0 fully saturated rings. The van der Waals surface area contributed by atoms with Gasteiger partial charge in [-0.25, -0.2) is 0 Å². The van der Waals surface area contributed by atoms with Crippen molar-refractivity contribution in [2.24, 2.45) is 0 Å². The molecule has 18 heavy (non-hydrogen) atoms. The lowest BCUT2D eigenvalue weighted by Gasteiger charge is -2.24. The average molecular weight is 290 g/mol. The standard InChI is InChI=1S/C14H21Cl2NO/c1-4-11(9-18-3)17-14(5-2)10-6-7-12(15)13(16)8-10/h6-8,11,14,17H,4-5,9H2,1-3H3. The zero-order valence-electron chi connectivity index (χ0n) is 11.2. The summed E-state index contributed by atoms with van der Waals surface area (Å²) in [7, 11) is 1.73. The second kappa shape index (κ2) is 8.00. The van der Waals surface area contributed by atoms with Crippen LogP contribution in [0.1, 0.15) is 38.3 Å². The van der Waals surface area contributed by atoms with Crippen molar-refractivity contribution < 1.29 is 4.74 Å². The highest BCUT2D eigenvalue weighted by Gasteiger charge is 2.15. The number of benzene rings is 1. The van der Waals surface area contributed by atoms with Crippen molar-refractivity contribution >= 4 is 23.2 Å². The van der Waals surface area contributed by atoms with E-state index in [4.69, 9.17) is 27.9 Å². The monoisotopic (exact) mass is 289 g/mol. The minimum atomic E-state index is 0.278. The Morgan fingerprint density at radius 2 is 1.89 bits per heavy atom. The van der Waals surface area contributed by atoms with Gasteiger partial charge < -0.3 is 10.1 Å². The van der Waals surface area contributed by atoms with Crippen LogP contribution in [0.5, 0.6) is 0 Å². The maximum Gasteiger partial charge on any atom is 0.0615 e. The lowest BCUT2D eigenvalue weighted by atomic mass is 10.0. The Morgan fingerprint density at radius 1 is 1.17 bits per heavy atom. The minimum absolute atomic E-state index is 0.278. The molecule has 0 bridgehead atoms. The zero-order chi connectivity index (χ0) is 13.5. The summed E-state index contributed by atoms with van der Waals surface area (Å²) >= 11 is 12.0. The van der Waals surface area contributed by atoms with Gasteiger partial charge in [-0.05, 0) is 30.5 Å². The van der Waals surface area contributed by atoms with Gasteiger partial charge in [-0.3, -0.25) is 0 Å². The second-order valence-corrected chi connectivity index (χ2v) is 5.18. The molecule has 0 amide bonds. The number of hydrogen-bond donors (Lipinski definition) is 1. The fraction of sp³-hybridized carbons (Fsp3) is 0.571. The quantitative estimate of drug-likeness (QED) is 0.800. The van der Waals surface area contributed by atoms with Gasteiger partial charge in [-0.15, -0.1) is 0 Å². The molecule has 1 aromatic rings. The van der Waals surface area contributed by atoms with Gasteiger partial charge in [0, 0.05) is 19.2 Å². The highest BCUT2D eigenvalue weighted by molar-refractivity contribution is 6.42. The molecule has 0 aliphatic heterocycles. The molecule has 102 valence electrons. The number of halogens is 2. The highest BCUT2D eigenvalue weighted by Crippen LogP contribution is 2.27. The maximum atomic E-state index is 6.06. The first kappa shape index (κ1) is 15.8. The lowest BCUT2D eigenvalue weighted by molar-refractivity contribution is 0.158. The lowest BCUT2D eigenvalue weighted by Crippen LogP contribution is -2.35. The molecule has 2 unspecified atom stereocenters. The molecule has 2 atom stereocenters. The van der Waals surface area contributed by atoms with Crippen molar-refractivity contribution in [1.82, 2.24) is 5.32 Å². The van der Waals surface area contributed by atoms with Gasteiger partial charge in [0.05, 0.1) is 16.7 Å². The predicted octanol–water partition coefficient (Wildman–Crippen LogP) is 4.46. The van der Waals surface area contributed by atoms with Crippen LogP contribution in [0.4, 0.5) is 0 Å². The molecule has 2 nitrogen and oxygen atoms in total. The average Bonchev–Trinajstić information content (AvgIpc) is 2.38. The molecule has 0 aliphatic rings. The molecule has 1 aromatic carbocycles. The van der Waals surface area contributed by atoms with E-state index in [9.17, 15) is 0 Å². The highest BCUT2D eigenvalue weighted by atomic mass is 35.5. The van der Waals surface area contributed by atoms with Gasteiger partial charge in [0.25, 0.3) is 0 Å². The number of nitrogens with one attached hydrogen (secondary N) is 1. The fourth-order valence-corrected chi connectivity index (χ4v) is 2.25. The predicted molar refractivity (Wildman–Crippen MR) is 78.6 cm³/mol. The van der Waals surface area contributed by atoms with Crippen LogP contribution in [0.2, 0.25) is 10.0 Å². The van der Waals surface area contributed by atoms with Crippen molar-refractivity contribution in [2.75, 3.05) is 13.7 Å². The van der Waals surface area contributed by atoms with Gasteiger partial charge >= 0.3 is 0 Å². The van der Waals surface area contributed by atoms with E-state index in [1.54, 1.807) is 7.11 Å². The molecule has 0 saturated heterocycles. The van der Waals surface area contributed by atoms with Gasteiger partial charge in [-0.1, -0.05) is 43.1 Å². The van der Waals surface area contributed by atoms with E-state index in [1.807, 2.05) is 18.2 Å². The summed E-state index contributed by atoms with van der Waals surface area (Å²) in [5.41, 5.74) is 1.17. The first-order chi connectivity index (χ1) is 8.62. The molecule has 0 heterocycles. The largest absolute Gasteiger partial charge is 0.383 e. The normalized spacial score (nSPS) is 14.5. The van der Waals surface area contributed by atoms with E-state index in [1.165, 1.54) is 5.56 Å². The van der Waals surface area contributed by atoms with Gasteiger partial charge in [0.15, 0.2) is 0 Å². The van der Waals surface area contributed by atoms with E-state index in [0.717, 1.165) is 12.8 Å². The summed E-state index contributed by atoms with van der Waals surface area (Å²) < 4.78 is 5.21. The van der Waals surface area contributed by atoms with Crippen LogP contribution < -0.4 is 5.32 Å². The third-order valence-electron chi connectivity index (χ3n) is 3.05. The maximum absolute atomic E-state index is 6.06. The van der Waals surface area contributed by atoms with Gasteiger partial charge in [-0.2, -0.15) is 0 Å². The summed E-state index contributed by atoms with van der Waals surface area (Å²) in [5, 5.41) is 4.79. The van der Waals surface area contributed by atoms with Crippen molar-refractivity contribution in [3.63, 3.8) is 0 Å².